The van der Waals surface area contributed by atoms with Crippen molar-refractivity contribution in [1.29, 1.82) is 0 Å². The number of nitrogens with zero attached hydrogens (tertiary/aromatic N) is 3. The van der Waals surface area contributed by atoms with Crippen molar-refractivity contribution in [2.75, 3.05) is 19.7 Å². The molecule has 0 aliphatic rings. The molecule has 0 atom stereocenters. The summed E-state index contributed by atoms with van der Waals surface area (Å²) in [6, 6.07) is 8.01. The SMILES string of the molecule is C=CCN(CC=C)Cc1nc2ccccc2n1CCO. The Morgan fingerprint density at radius 2 is 1.90 bits per heavy atom. The maximum absolute atomic E-state index is 9.27. The molecule has 4 heteroatoms. The van der Waals surface area contributed by atoms with E-state index in [2.05, 4.69) is 27.6 Å². The van der Waals surface area contributed by atoms with Gasteiger partial charge in [0, 0.05) is 19.6 Å². The standard InChI is InChI=1S/C16H21N3O/c1-3-9-18(10-4-2)13-16-17-14-7-5-6-8-15(14)19(16)11-12-20/h3-8,20H,1-2,9-13H2. The van der Waals surface area contributed by atoms with Gasteiger partial charge in [-0.15, -0.1) is 13.2 Å². The van der Waals surface area contributed by atoms with Crippen LogP contribution in [0.15, 0.2) is 49.6 Å². The van der Waals surface area contributed by atoms with Crippen LogP contribution in [0.1, 0.15) is 5.82 Å². The predicted octanol–water partition coefficient (Wildman–Crippen LogP) is 2.20. The zero-order valence-electron chi connectivity index (χ0n) is 11.7. The number of rotatable bonds is 8. The van der Waals surface area contributed by atoms with Crippen molar-refractivity contribution < 1.29 is 5.11 Å². The first-order valence-electron chi connectivity index (χ1n) is 6.79. The largest absolute Gasteiger partial charge is 0.395 e. The molecule has 0 aliphatic carbocycles. The van der Waals surface area contributed by atoms with Gasteiger partial charge in [0.25, 0.3) is 0 Å². The molecule has 1 N–H and O–H groups in total. The van der Waals surface area contributed by atoms with Crippen molar-refractivity contribution in [3.05, 3.63) is 55.4 Å². The molecule has 1 aromatic carbocycles. The molecule has 2 rings (SSSR count). The minimum Gasteiger partial charge on any atom is -0.395 e. The fourth-order valence-corrected chi connectivity index (χ4v) is 2.36. The second-order valence-corrected chi connectivity index (χ2v) is 4.66. The van der Waals surface area contributed by atoms with Gasteiger partial charge in [-0.25, -0.2) is 4.98 Å². The number of imidazole rings is 1. The Morgan fingerprint density at radius 1 is 1.20 bits per heavy atom. The van der Waals surface area contributed by atoms with Crippen LogP contribution < -0.4 is 0 Å². The molecule has 0 unspecified atom stereocenters. The number of benzene rings is 1. The van der Waals surface area contributed by atoms with E-state index in [1.165, 1.54) is 0 Å². The first-order chi connectivity index (χ1) is 9.80. The minimum atomic E-state index is 0.107. The highest BCUT2D eigenvalue weighted by Crippen LogP contribution is 2.17. The molecule has 0 amide bonds. The maximum atomic E-state index is 9.27. The molecule has 0 aliphatic heterocycles. The molecule has 0 spiro atoms. The van der Waals surface area contributed by atoms with E-state index < -0.39 is 0 Å². The Morgan fingerprint density at radius 3 is 2.55 bits per heavy atom. The summed E-state index contributed by atoms with van der Waals surface area (Å²) < 4.78 is 2.08. The van der Waals surface area contributed by atoms with Crippen LogP contribution in [0.25, 0.3) is 11.0 Å². The van der Waals surface area contributed by atoms with Crippen LogP contribution >= 0.6 is 0 Å². The second kappa shape index (κ2) is 7.03. The summed E-state index contributed by atoms with van der Waals surface area (Å²) in [4.78, 5) is 6.88. The smallest absolute Gasteiger partial charge is 0.124 e. The van der Waals surface area contributed by atoms with Crippen LogP contribution in [0.3, 0.4) is 0 Å². The van der Waals surface area contributed by atoms with Gasteiger partial charge in [0.2, 0.25) is 0 Å². The van der Waals surface area contributed by atoms with E-state index in [4.69, 9.17) is 0 Å². The highest BCUT2D eigenvalue weighted by molar-refractivity contribution is 5.75. The molecule has 0 bridgehead atoms. The van der Waals surface area contributed by atoms with Gasteiger partial charge in [-0.05, 0) is 12.1 Å². The summed E-state index contributed by atoms with van der Waals surface area (Å²) in [6.07, 6.45) is 3.76. The van der Waals surface area contributed by atoms with Crippen LogP contribution in [-0.2, 0) is 13.1 Å². The summed E-state index contributed by atoms with van der Waals surface area (Å²) >= 11 is 0. The molecule has 4 nitrogen and oxygen atoms in total. The lowest BCUT2D eigenvalue weighted by molar-refractivity contribution is 0.267. The van der Waals surface area contributed by atoms with Crippen molar-refractivity contribution >= 4 is 11.0 Å². The van der Waals surface area contributed by atoms with E-state index in [0.29, 0.717) is 13.1 Å². The molecule has 0 fully saturated rings. The monoisotopic (exact) mass is 271 g/mol. The molecule has 1 heterocycles. The normalized spacial score (nSPS) is 11.1. The molecule has 0 saturated heterocycles. The lowest BCUT2D eigenvalue weighted by Crippen LogP contribution is -2.25. The number of aliphatic hydroxyl groups is 1. The number of fused-ring (bicyclic) bond motifs is 1. The van der Waals surface area contributed by atoms with Gasteiger partial charge in [-0.2, -0.15) is 0 Å². The predicted molar refractivity (Wildman–Crippen MR) is 82.5 cm³/mol. The van der Waals surface area contributed by atoms with E-state index >= 15 is 0 Å². The Bertz CT molecular complexity index is 578. The molecule has 106 valence electrons. The van der Waals surface area contributed by atoms with Crippen molar-refractivity contribution in [2.45, 2.75) is 13.1 Å². The third kappa shape index (κ3) is 3.15. The van der Waals surface area contributed by atoms with Gasteiger partial charge in [-0.1, -0.05) is 24.3 Å². The van der Waals surface area contributed by atoms with Crippen molar-refractivity contribution in [2.24, 2.45) is 0 Å². The van der Waals surface area contributed by atoms with E-state index in [1.54, 1.807) is 0 Å². The van der Waals surface area contributed by atoms with Gasteiger partial charge in [-0.3, -0.25) is 4.90 Å². The van der Waals surface area contributed by atoms with Crippen molar-refractivity contribution in [1.82, 2.24) is 14.5 Å². The van der Waals surface area contributed by atoms with Gasteiger partial charge in [0.05, 0.1) is 24.2 Å². The van der Waals surface area contributed by atoms with Crippen molar-refractivity contribution in [3.8, 4) is 0 Å². The second-order valence-electron chi connectivity index (χ2n) is 4.66. The molecular weight excluding hydrogens is 250 g/mol. The quantitative estimate of drug-likeness (QED) is 0.748. The highest BCUT2D eigenvalue weighted by atomic mass is 16.3. The zero-order valence-corrected chi connectivity index (χ0v) is 11.7. The Kier molecular flexibility index (Phi) is 5.09. The molecule has 2 aromatic rings. The number of aliphatic hydroxyl groups excluding tert-OH is 1. The van der Waals surface area contributed by atoms with E-state index in [1.807, 2.05) is 36.4 Å². The number of aromatic nitrogens is 2. The van der Waals surface area contributed by atoms with Crippen LogP contribution in [0.5, 0.6) is 0 Å². The Balaban J connectivity index is 2.33. The molecule has 0 radical (unpaired) electrons. The first kappa shape index (κ1) is 14.5. The van der Waals surface area contributed by atoms with Gasteiger partial charge >= 0.3 is 0 Å². The number of para-hydroxylation sites is 2. The number of hydrogen-bond acceptors (Lipinski definition) is 3. The minimum absolute atomic E-state index is 0.107. The van der Waals surface area contributed by atoms with Crippen molar-refractivity contribution in [3.63, 3.8) is 0 Å². The lowest BCUT2D eigenvalue weighted by atomic mass is 10.3. The summed E-state index contributed by atoms with van der Waals surface area (Å²) in [6.45, 7) is 10.5. The summed E-state index contributed by atoms with van der Waals surface area (Å²) in [5, 5.41) is 9.27. The van der Waals surface area contributed by atoms with Crippen LogP contribution in [0, 0.1) is 0 Å². The lowest BCUT2D eigenvalue weighted by Gasteiger charge is -2.19. The Hall–Kier alpha value is -1.91. The van der Waals surface area contributed by atoms with Crippen LogP contribution in [0.2, 0.25) is 0 Å². The summed E-state index contributed by atoms with van der Waals surface area (Å²) in [7, 11) is 0. The average Bonchev–Trinajstić information content (AvgIpc) is 2.78. The molecular formula is C16H21N3O. The first-order valence-corrected chi connectivity index (χ1v) is 6.79. The average molecular weight is 271 g/mol. The number of hydrogen-bond donors (Lipinski definition) is 1. The molecule has 20 heavy (non-hydrogen) atoms. The van der Waals surface area contributed by atoms with Crippen LogP contribution in [0.4, 0.5) is 0 Å². The highest BCUT2D eigenvalue weighted by Gasteiger charge is 2.12. The fourth-order valence-electron chi connectivity index (χ4n) is 2.36. The third-order valence-electron chi connectivity index (χ3n) is 3.20. The van der Waals surface area contributed by atoms with Gasteiger partial charge < -0.3 is 9.67 Å². The van der Waals surface area contributed by atoms with Crippen LogP contribution in [-0.4, -0.2) is 39.3 Å². The topological polar surface area (TPSA) is 41.3 Å². The van der Waals surface area contributed by atoms with Gasteiger partial charge in [0.1, 0.15) is 5.82 Å². The zero-order chi connectivity index (χ0) is 14.4. The fraction of sp³-hybridized carbons (Fsp3) is 0.312. The molecule has 1 aromatic heterocycles. The summed E-state index contributed by atoms with van der Waals surface area (Å²) in [5.74, 6) is 0.962. The Labute approximate surface area is 119 Å². The maximum Gasteiger partial charge on any atom is 0.124 e. The third-order valence-corrected chi connectivity index (χ3v) is 3.20. The van der Waals surface area contributed by atoms with Gasteiger partial charge in [0.15, 0.2) is 0 Å². The van der Waals surface area contributed by atoms with E-state index in [0.717, 1.165) is 29.9 Å². The molecule has 0 saturated carbocycles. The van der Waals surface area contributed by atoms with E-state index in [-0.39, 0.29) is 6.61 Å². The summed E-state index contributed by atoms with van der Waals surface area (Å²) in [5.41, 5.74) is 2.03. The van der Waals surface area contributed by atoms with E-state index in [9.17, 15) is 5.11 Å².